The van der Waals surface area contributed by atoms with Gasteiger partial charge in [0.15, 0.2) is 0 Å². The van der Waals surface area contributed by atoms with Crippen LogP contribution in [0.15, 0.2) is 72.8 Å². The number of aromatic carboxylic acids is 1. The van der Waals surface area contributed by atoms with Crippen molar-refractivity contribution in [3.8, 4) is 0 Å². The molecule has 6 nitrogen and oxygen atoms in total. The van der Waals surface area contributed by atoms with Crippen LogP contribution in [0.4, 0.5) is 11.4 Å². The second-order valence-corrected chi connectivity index (χ2v) is 6.09. The van der Waals surface area contributed by atoms with Gasteiger partial charge < -0.3 is 20.5 Å². The highest BCUT2D eigenvalue weighted by Crippen LogP contribution is 2.22. The van der Waals surface area contributed by atoms with Crippen molar-refractivity contribution >= 4 is 29.2 Å². The molecule has 2 amide bonds. The average Bonchev–Trinajstić information content (AvgIpc) is 2.70. The highest BCUT2D eigenvalue weighted by Gasteiger charge is 2.15. The zero-order valence-electron chi connectivity index (χ0n) is 15.1. The van der Waals surface area contributed by atoms with Gasteiger partial charge in [-0.1, -0.05) is 42.5 Å². The van der Waals surface area contributed by atoms with Gasteiger partial charge in [-0.3, -0.25) is 9.59 Å². The molecule has 0 aliphatic carbocycles. The molecule has 0 bridgehead atoms. The van der Waals surface area contributed by atoms with Gasteiger partial charge in [0.1, 0.15) is 0 Å². The molecule has 140 valence electrons. The number of carboxylic acids is 1. The first kappa shape index (κ1) is 18.8. The largest absolute Gasteiger partial charge is 0.545 e. The number of rotatable bonds is 5. The molecule has 0 unspecified atom stereocenters. The Labute approximate surface area is 161 Å². The molecular weight excluding hydrogens is 356 g/mol. The molecule has 0 radical (unpaired) electrons. The van der Waals surface area contributed by atoms with Crippen LogP contribution in [0.3, 0.4) is 0 Å². The third-order valence-corrected chi connectivity index (χ3v) is 4.26. The van der Waals surface area contributed by atoms with Crippen LogP contribution in [-0.2, 0) is 0 Å². The van der Waals surface area contributed by atoms with Gasteiger partial charge in [0.25, 0.3) is 11.8 Å². The van der Waals surface area contributed by atoms with Gasteiger partial charge in [-0.25, -0.2) is 0 Å². The van der Waals surface area contributed by atoms with E-state index in [9.17, 15) is 19.5 Å². The van der Waals surface area contributed by atoms with Gasteiger partial charge >= 0.3 is 0 Å². The summed E-state index contributed by atoms with van der Waals surface area (Å²) in [6.07, 6.45) is 0. The minimum atomic E-state index is -1.32. The third-order valence-electron chi connectivity index (χ3n) is 4.26. The van der Waals surface area contributed by atoms with Crippen LogP contribution in [0.2, 0.25) is 0 Å². The summed E-state index contributed by atoms with van der Waals surface area (Å²) < 4.78 is 0. The molecule has 0 aromatic heterocycles. The fourth-order valence-electron chi connectivity index (χ4n) is 2.76. The molecule has 0 spiro atoms. The van der Waals surface area contributed by atoms with E-state index in [0.29, 0.717) is 22.5 Å². The summed E-state index contributed by atoms with van der Waals surface area (Å²) in [6.45, 7) is 1.59. The molecule has 0 aliphatic rings. The monoisotopic (exact) mass is 373 g/mol. The fourth-order valence-corrected chi connectivity index (χ4v) is 2.76. The summed E-state index contributed by atoms with van der Waals surface area (Å²) in [7, 11) is 0. The number of carbonyl (C=O) groups is 3. The van der Waals surface area contributed by atoms with Crippen LogP contribution in [0.5, 0.6) is 0 Å². The van der Waals surface area contributed by atoms with Crippen LogP contribution in [-0.4, -0.2) is 17.8 Å². The van der Waals surface area contributed by atoms with E-state index in [1.165, 1.54) is 12.1 Å². The number of nitrogens with one attached hydrogen (secondary N) is 2. The van der Waals surface area contributed by atoms with E-state index in [-0.39, 0.29) is 17.0 Å². The Bertz CT molecular complexity index is 1050. The number of carboxylic acid groups (broad SMARTS) is 1. The zero-order chi connectivity index (χ0) is 20.1. The molecule has 0 heterocycles. The molecule has 0 atom stereocenters. The predicted molar refractivity (Wildman–Crippen MR) is 104 cm³/mol. The maximum Gasteiger partial charge on any atom is 0.257 e. The molecular formula is C22H17N2O4-. The fraction of sp³-hybridized carbons (Fsp3) is 0.0455. The van der Waals surface area contributed by atoms with Crippen molar-refractivity contribution in [3.63, 3.8) is 0 Å². The van der Waals surface area contributed by atoms with Crippen LogP contribution < -0.4 is 15.7 Å². The van der Waals surface area contributed by atoms with Crippen molar-refractivity contribution in [1.82, 2.24) is 0 Å². The minimum absolute atomic E-state index is 0.00321. The first-order valence-corrected chi connectivity index (χ1v) is 8.55. The number of benzene rings is 3. The predicted octanol–water partition coefficient (Wildman–Crippen LogP) is 2.86. The maximum absolute atomic E-state index is 12.8. The number of carbonyl (C=O) groups excluding carboxylic acids is 3. The van der Waals surface area contributed by atoms with Crippen LogP contribution >= 0.6 is 0 Å². The maximum atomic E-state index is 12.8. The van der Waals surface area contributed by atoms with Crippen molar-refractivity contribution in [3.05, 3.63) is 95.1 Å². The second kappa shape index (κ2) is 8.18. The number of hydrogen-bond acceptors (Lipinski definition) is 4. The van der Waals surface area contributed by atoms with Gasteiger partial charge in [0.05, 0.1) is 17.2 Å². The van der Waals surface area contributed by atoms with E-state index in [0.717, 1.165) is 0 Å². The van der Waals surface area contributed by atoms with Crippen molar-refractivity contribution in [2.75, 3.05) is 10.6 Å². The number of hydrogen-bond donors (Lipinski definition) is 2. The Morgan fingerprint density at radius 1 is 0.679 bits per heavy atom. The Balaban J connectivity index is 1.85. The van der Waals surface area contributed by atoms with Crippen molar-refractivity contribution in [1.29, 1.82) is 0 Å². The van der Waals surface area contributed by atoms with E-state index in [1.807, 2.05) is 0 Å². The zero-order valence-corrected chi connectivity index (χ0v) is 15.1. The Morgan fingerprint density at radius 2 is 1.25 bits per heavy atom. The Hall–Kier alpha value is -3.93. The molecule has 2 N–H and O–H groups in total. The van der Waals surface area contributed by atoms with E-state index < -0.39 is 11.9 Å². The van der Waals surface area contributed by atoms with E-state index in [4.69, 9.17) is 0 Å². The first-order chi connectivity index (χ1) is 13.5. The molecule has 3 aromatic rings. The standard InChI is InChI=1S/C22H18N2O4/c1-14-16(22(27)28)11-7-13-18(14)23-21(26)17-10-5-6-12-19(17)24-20(25)15-8-3-2-4-9-15/h2-13H,1H3,(H,23,26)(H,24,25)(H,27,28)/p-1. The molecule has 0 aliphatic heterocycles. The van der Waals surface area contributed by atoms with Gasteiger partial charge in [0.2, 0.25) is 0 Å². The average molecular weight is 373 g/mol. The molecule has 0 saturated heterocycles. The number of anilines is 2. The Morgan fingerprint density at radius 3 is 1.96 bits per heavy atom. The van der Waals surface area contributed by atoms with Crippen LogP contribution in [0.25, 0.3) is 0 Å². The topological polar surface area (TPSA) is 98.3 Å². The van der Waals surface area contributed by atoms with Crippen molar-refractivity contribution in [2.24, 2.45) is 0 Å². The normalized spacial score (nSPS) is 10.2. The van der Waals surface area contributed by atoms with Crippen LogP contribution in [0.1, 0.15) is 36.6 Å². The van der Waals surface area contributed by atoms with Gasteiger partial charge in [-0.05, 0) is 42.8 Å². The lowest BCUT2D eigenvalue weighted by molar-refractivity contribution is -0.255. The smallest absolute Gasteiger partial charge is 0.257 e. The SMILES string of the molecule is Cc1c(NC(=O)c2ccccc2NC(=O)c2ccccc2)cccc1C(=O)[O-]. The molecule has 6 heteroatoms. The van der Waals surface area contributed by atoms with E-state index in [1.54, 1.807) is 67.6 Å². The summed E-state index contributed by atoms with van der Waals surface area (Å²) in [4.78, 5) is 36.3. The first-order valence-electron chi connectivity index (χ1n) is 8.55. The third kappa shape index (κ3) is 4.07. The summed E-state index contributed by atoms with van der Waals surface area (Å²) in [5.41, 5.74) is 1.82. The van der Waals surface area contributed by atoms with Crippen molar-refractivity contribution in [2.45, 2.75) is 6.92 Å². The molecule has 0 fully saturated rings. The molecule has 28 heavy (non-hydrogen) atoms. The molecule has 3 aromatic carbocycles. The van der Waals surface area contributed by atoms with Gasteiger partial charge in [-0.2, -0.15) is 0 Å². The van der Waals surface area contributed by atoms with Crippen LogP contribution in [0, 0.1) is 6.92 Å². The lowest BCUT2D eigenvalue weighted by atomic mass is 10.1. The lowest BCUT2D eigenvalue weighted by Crippen LogP contribution is -2.24. The number of para-hydroxylation sites is 1. The second-order valence-electron chi connectivity index (χ2n) is 6.09. The van der Waals surface area contributed by atoms with Gasteiger partial charge in [-0.15, -0.1) is 0 Å². The lowest BCUT2D eigenvalue weighted by Gasteiger charge is -2.15. The molecule has 3 rings (SSSR count). The van der Waals surface area contributed by atoms with Gasteiger partial charge in [0, 0.05) is 16.8 Å². The van der Waals surface area contributed by atoms with Crippen molar-refractivity contribution < 1.29 is 19.5 Å². The van der Waals surface area contributed by atoms with E-state index >= 15 is 0 Å². The highest BCUT2D eigenvalue weighted by molar-refractivity contribution is 6.12. The highest BCUT2D eigenvalue weighted by atomic mass is 16.4. The van der Waals surface area contributed by atoms with E-state index in [2.05, 4.69) is 10.6 Å². The quantitative estimate of drug-likeness (QED) is 0.718. The summed E-state index contributed by atoms with van der Waals surface area (Å²) in [6, 6.07) is 19.8. The number of amides is 2. The minimum Gasteiger partial charge on any atom is -0.545 e. The Kier molecular flexibility index (Phi) is 5.50. The summed E-state index contributed by atoms with van der Waals surface area (Å²) in [5, 5.41) is 16.6. The summed E-state index contributed by atoms with van der Waals surface area (Å²) >= 11 is 0. The molecule has 0 saturated carbocycles. The summed E-state index contributed by atoms with van der Waals surface area (Å²) in [5.74, 6) is -2.12.